The van der Waals surface area contributed by atoms with Gasteiger partial charge in [0.1, 0.15) is 6.23 Å². The molecule has 1 amide bonds. The zero-order valence-electron chi connectivity index (χ0n) is 8.43. The lowest BCUT2D eigenvalue weighted by molar-refractivity contribution is -0.118. The Kier molecular flexibility index (Phi) is 1.99. The van der Waals surface area contributed by atoms with Gasteiger partial charge in [-0.2, -0.15) is 0 Å². The number of hydrogen-bond donors (Lipinski definition) is 0. The monoisotopic (exact) mass is 203 g/mol. The van der Waals surface area contributed by atoms with Gasteiger partial charge in [-0.1, -0.05) is 18.2 Å². The Labute approximate surface area is 88.6 Å². The van der Waals surface area contributed by atoms with Crippen LogP contribution in [0, 0.1) is 5.92 Å². The number of amides is 1. The summed E-state index contributed by atoms with van der Waals surface area (Å²) >= 11 is 0. The van der Waals surface area contributed by atoms with Crippen LogP contribution < -0.4 is 4.90 Å². The second-order valence-corrected chi connectivity index (χ2v) is 4.11. The topological polar surface area (TPSA) is 29.5 Å². The summed E-state index contributed by atoms with van der Waals surface area (Å²) in [6.07, 6.45) is 1.64. The fourth-order valence-electron chi connectivity index (χ4n) is 2.45. The van der Waals surface area contributed by atoms with Crippen LogP contribution in [0.25, 0.3) is 0 Å². The molecule has 1 aromatic rings. The van der Waals surface area contributed by atoms with Crippen molar-refractivity contribution in [1.29, 1.82) is 0 Å². The predicted octanol–water partition coefficient (Wildman–Crippen LogP) is 1.79. The van der Waals surface area contributed by atoms with E-state index in [1.165, 1.54) is 0 Å². The third-order valence-corrected chi connectivity index (χ3v) is 3.17. The Morgan fingerprint density at radius 2 is 2.07 bits per heavy atom. The molecule has 0 bridgehead atoms. The van der Waals surface area contributed by atoms with Crippen molar-refractivity contribution >= 4 is 11.6 Å². The summed E-state index contributed by atoms with van der Waals surface area (Å²) in [6, 6.07) is 9.77. The van der Waals surface area contributed by atoms with Gasteiger partial charge in [0, 0.05) is 24.6 Å². The molecule has 2 aliphatic rings. The molecule has 0 aliphatic carbocycles. The highest BCUT2D eigenvalue weighted by Crippen LogP contribution is 2.37. The van der Waals surface area contributed by atoms with E-state index in [-0.39, 0.29) is 12.1 Å². The number of benzene rings is 1. The Bertz CT molecular complexity index is 376. The van der Waals surface area contributed by atoms with Crippen molar-refractivity contribution in [1.82, 2.24) is 0 Å². The quantitative estimate of drug-likeness (QED) is 0.696. The summed E-state index contributed by atoms with van der Waals surface area (Å²) in [4.78, 5) is 13.6. The second kappa shape index (κ2) is 3.35. The van der Waals surface area contributed by atoms with Crippen LogP contribution in [-0.4, -0.2) is 18.7 Å². The van der Waals surface area contributed by atoms with Crippen molar-refractivity contribution < 1.29 is 9.53 Å². The van der Waals surface area contributed by atoms with E-state index in [0.717, 1.165) is 18.7 Å². The SMILES string of the molecule is O=C1C[C@H]2CCO[C@H]2N1c1ccccc1. The minimum Gasteiger partial charge on any atom is -0.358 e. The minimum atomic E-state index is -0.0140. The van der Waals surface area contributed by atoms with Gasteiger partial charge in [-0.25, -0.2) is 0 Å². The number of carbonyl (C=O) groups is 1. The molecular weight excluding hydrogens is 190 g/mol. The molecule has 78 valence electrons. The highest BCUT2D eigenvalue weighted by atomic mass is 16.5. The van der Waals surface area contributed by atoms with Crippen LogP contribution in [0.4, 0.5) is 5.69 Å². The Balaban J connectivity index is 1.95. The molecule has 0 N–H and O–H groups in total. The van der Waals surface area contributed by atoms with E-state index in [4.69, 9.17) is 4.74 Å². The molecule has 3 nitrogen and oxygen atoms in total. The molecule has 2 atom stereocenters. The molecule has 2 aliphatic heterocycles. The van der Waals surface area contributed by atoms with E-state index in [2.05, 4.69) is 0 Å². The van der Waals surface area contributed by atoms with E-state index in [1.54, 1.807) is 4.90 Å². The first kappa shape index (κ1) is 8.92. The van der Waals surface area contributed by atoms with E-state index < -0.39 is 0 Å². The maximum atomic E-state index is 11.8. The van der Waals surface area contributed by atoms with Crippen molar-refractivity contribution in [2.45, 2.75) is 19.1 Å². The molecule has 0 spiro atoms. The Morgan fingerprint density at radius 3 is 2.87 bits per heavy atom. The number of anilines is 1. The van der Waals surface area contributed by atoms with E-state index >= 15 is 0 Å². The van der Waals surface area contributed by atoms with Crippen molar-refractivity contribution in [3.8, 4) is 0 Å². The number of rotatable bonds is 1. The largest absolute Gasteiger partial charge is 0.358 e. The zero-order valence-corrected chi connectivity index (χ0v) is 8.43. The third kappa shape index (κ3) is 1.35. The van der Waals surface area contributed by atoms with Gasteiger partial charge in [-0.3, -0.25) is 9.69 Å². The molecule has 0 aromatic heterocycles. The van der Waals surface area contributed by atoms with Gasteiger partial charge in [0.05, 0.1) is 0 Å². The molecule has 0 unspecified atom stereocenters. The lowest BCUT2D eigenvalue weighted by Crippen LogP contribution is -2.34. The average Bonchev–Trinajstić information content (AvgIpc) is 2.78. The van der Waals surface area contributed by atoms with Crippen molar-refractivity contribution in [2.75, 3.05) is 11.5 Å². The summed E-state index contributed by atoms with van der Waals surface area (Å²) in [5, 5.41) is 0. The summed E-state index contributed by atoms with van der Waals surface area (Å²) in [5.74, 6) is 0.591. The van der Waals surface area contributed by atoms with Crippen LogP contribution >= 0.6 is 0 Å². The molecule has 3 heteroatoms. The third-order valence-electron chi connectivity index (χ3n) is 3.17. The average molecular weight is 203 g/mol. The molecule has 2 heterocycles. The fraction of sp³-hybridized carbons (Fsp3) is 0.417. The van der Waals surface area contributed by atoms with Gasteiger partial charge in [-0.05, 0) is 18.6 Å². The molecule has 2 saturated heterocycles. The van der Waals surface area contributed by atoms with E-state index in [1.807, 2.05) is 30.3 Å². The van der Waals surface area contributed by atoms with Crippen LogP contribution in [0.3, 0.4) is 0 Å². The number of nitrogens with zero attached hydrogens (tertiary/aromatic N) is 1. The number of ether oxygens (including phenoxy) is 1. The Hall–Kier alpha value is -1.35. The van der Waals surface area contributed by atoms with Gasteiger partial charge in [0.2, 0.25) is 5.91 Å². The van der Waals surface area contributed by atoms with Crippen LogP contribution in [0.2, 0.25) is 0 Å². The molecule has 2 fully saturated rings. The lowest BCUT2D eigenvalue weighted by atomic mass is 10.1. The van der Waals surface area contributed by atoms with Crippen LogP contribution in [-0.2, 0) is 9.53 Å². The second-order valence-electron chi connectivity index (χ2n) is 4.11. The van der Waals surface area contributed by atoms with Gasteiger partial charge in [0.15, 0.2) is 0 Å². The first-order valence-electron chi connectivity index (χ1n) is 5.35. The molecule has 1 aromatic carbocycles. The highest BCUT2D eigenvalue weighted by Gasteiger charge is 2.44. The summed E-state index contributed by atoms with van der Waals surface area (Å²) < 4.78 is 5.62. The lowest BCUT2D eigenvalue weighted by Gasteiger charge is -2.23. The first-order valence-corrected chi connectivity index (χ1v) is 5.35. The molecule has 0 saturated carbocycles. The van der Waals surface area contributed by atoms with Gasteiger partial charge >= 0.3 is 0 Å². The molecular formula is C12H13NO2. The standard InChI is InChI=1S/C12H13NO2/c14-11-8-9-6-7-15-12(9)13(11)10-4-2-1-3-5-10/h1-5,9,12H,6-8H2/t9-,12-/m1/s1. The van der Waals surface area contributed by atoms with E-state index in [9.17, 15) is 4.79 Å². The summed E-state index contributed by atoms with van der Waals surface area (Å²) in [7, 11) is 0. The minimum absolute atomic E-state index is 0.0140. The Morgan fingerprint density at radius 1 is 1.27 bits per heavy atom. The van der Waals surface area contributed by atoms with Crippen LogP contribution in [0.5, 0.6) is 0 Å². The fourth-order valence-corrected chi connectivity index (χ4v) is 2.45. The number of fused-ring (bicyclic) bond motifs is 1. The number of para-hydroxylation sites is 1. The van der Waals surface area contributed by atoms with Crippen molar-refractivity contribution in [2.24, 2.45) is 5.92 Å². The molecule has 0 radical (unpaired) electrons. The van der Waals surface area contributed by atoms with Gasteiger partial charge in [-0.15, -0.1) is 0 Å². The maximum absolute atomic E-state index is 11.8. The smallest absolute Gasteiger partial charge is 0.229 e. The highest BCUT2D eigenvalue weighted by molar-refractivity contribution is 5.96. The van der Waals surface area contributed by atoms with Crippen molar-refractivity contribution in [3.63, 3.8) is 0 Å². The number of carbonyl (C=O) groups excluding carboxylic acids is 1. The summed E-state index contributed by atoms with van der Waals surface area (Å²) in [5.41, 5.74) is 0.955. The normalized spacial score (nSPS) is 29.6. The first-order chi connectivity index (χ1) is 7.36. The van der Waals surface area contributed by atoms with Crippen LogP contribution in [0.1, 0.15) is 12.8 Å². The zero-order chi connectivity index (χ0) is 10.3. The predicted molar refractivity (Wildman–Crippen MR) is 56.4 cm³/mol. The van der Waals surface area contributed by atoms with Gasteiger partial charge < -0.3 is 4.74 Å². The maximum Gasteiger partial charge on any atom is 0.229 e. The molecule has 15 heavy (non-hydrogen) atoms. The summed E-state index contributed by atoms with van der Waals surface area (Å²) in [6.45, 7) is 0.784. The van der Waals surface area contributed by atoms with Crippen molar-refractivity contribution in [3.05, 3.63) is 30.3 Å². The van der Waals surface area contributed by atoms with Gasteiger partial charge in [0.25, 0.3) is 0 Å². The molecule has 3 rings (SSSR count). The number of hydrogen-bond acceptors (Lipinski definition) is 2. The van der Waals surface area contributed by atoms with Crippen LogP contribution in [0.15, 0.2) is 30.3 Å². The van der Waals surface area contributed by atoms with E-state index in [0.29, 0.717) is 12.3 Å².